The average molecular weight is 219 g/mol. The maximum absolute atomic E-state index is 11.8. The van der Waals surface area contributed by atoms with Crippen LogP contribution in [0.15, 0.2) is 0 Å². The van der Waals surface area contributed by atoms with Gasteiger partial charge in [0, 0.05) is 13.1 Å². The molecule has 0 N–H and O–H groups in total. The monoisotopic (exact) mass is 219 g/mol. The van der Waals surface area contributed by atoms with Crippen molar-refractivity contribution in [2.75, 3.05) is 13.1 Å². The van der Waals surface area contributed by atoms with Crippen LogP contribution in [0.1, 0.15) is 40.5 Å². The molecule has 1 heterocycles. The molecule has 1 aliphatic heterocycles. The minimum atomic E-state index is -4.87. The second-order valence-corrected chi connectivity index (χ2v) is 3.30. The maximum Gasteiger partial charge on any atom is 0.278 e. The van der Waals surface area contributed by atoms with Gasteiger partial charge in [-0.25, -0.2) is 0 Å². The van der Waals surface area contributed by atoms with E-state index >= 15 is 0 Å². The van der Waals surface area contributed by atoms with Crippen LogP contribution in [0.4, 0.5) is 11.7 Å². The van der Waals surface area contributed by atoms with Crippen molar-refractivity contribution in [2.24, 2.45) is 0 Å². The minimum absolute atomic E-state index is 0.221. The molecule has 0 saturated carbocycles. The quantitative estimate of drug-likeness (QED) is 0.627. The Bertz CT molecular complexity index is 100. The summed E-state index contributed by atoms with van der Waals surface area (Å²) in [4.78, 5) is 0. The molecule has 0 amide bonds. The summed E-state index contributed by atoms with van der Waals surface area (Å²) >= 11 is -4.87. The first-order chi connectivity index (χ1) is 6.11. The van der Waals surface area contributed by atoms with Crippen LogP contribution in [0.2, 0.25) is 0 Å². The molecule has 0 atom stereocenters. The first-order valence-electron chi connectivity index (χ1n) is 4.78. The van der Waals surface area contributed by atoms with Crippen LogP contribution >= 0.6 is 11.4 Å². The van der Waals surface area contributed by atoms with Gasteiger partial charge in [-0.1, -0.05) is 27.7 Å². The molecule has 0 unspecified atom stereocenters. The molecule has 1 saturated heterocycles. The number of halogens is 3. The molecule has 0 aliphatic carbocycles. The highest BCUT2D eigenvalue weighted by Gasteiger charge is 2.32. The Labute approximate surface area is 81.6 Å². The summed E-state index contributed by atoms with van der Waals surface area (Å²) in [6, 6.07) is 0. The van der Waals surface area contributed by atoms with E-state index < -0.39 is 11.4 Å². The normalized spacial score (nSPS) is 18.1. The number of rotatable bonds is 1. The highest BCUT2D eigenvalue weighted by Crippen LogP contribution is 2.57. The fourth-order valence-corrected chi connectivity index (χ4v) is 1.57. The van der Waals surface area contributed by atoms with Gasteiger partial charge in [0.1, 0.15) is 0 Å². The smallest absolute Gasteiger partial charge is 0.193 e. The maximum atomic E-state index is 11.8. The van der Waals surface area contributed by atoms with Crippen LogP contribution in [-0.4, -0.2) is 17.4 Å². The van der Waals surface area contributed by atoms with Crippen molar-refractivity contribution in [3.63, 3.8) is 0 Å². The Hall–Kier alpha value is 0.1000. The van der Waals surface area contributed by atoms with Gasteiger partial charge in [-0.2, -0.15) is 4.31 Å². The molecular weight excluding hydrogens is 199 g/mol. The van der Waals surface area contributed by atoms with Gasteiger partial charge in [0.25, 0.3) is 11.4 Å². The van der Waals surface area contributed by atoms with Gasteiger partial charge in [0.05, 0.1) is 0 Å². The van der Waals surface area contributed by atoms with Crippen LogP contribution in [0.25, 0.3) is 0 Å². The second-order valence-electron chi connectivity index (χ2n) is 2.02. The van der Waals surface area contributed by atoms with E-state index in [-0.39, 0.29) is 13.1 Å². The van der Waals surface area contributed by atoms with Crippen molar-refractivity contribution < 1.29 is 11.7 Å². The topological polar surface area (TPSA) is 3.24 Å². The van der Waals surface area contributed by atoms with Crippen LogP contribution in [0, 0.1) is 0 Å². The summed E-state index contributed by atoms with van der Waals surface area (Å²) in [5, 5.41) is 0. The first kappa shape index (κ1) is 15.6. The first-order valence-corrected chi connectivity index (χ1v) is 6.07. The van der Waals surface area contributed by atoms with Crippen molar-refractivity contribution in [3.05, 3.63) is 0 Å². The van der Waals surface area contributed by atoms with E-state index in [4.69, 9.17) is 0 Å². The standard InChI is InChI=1S/C4H8F3NS.2C2H6/c5-9(6,7)8-3-1-2-4-8;2*1-2/h1-4H2;2*1-2H3. The van der Waals surface area contributed by atoms with Crippen molar-refractivity contribution in [1.29, 1.82) is 0 Å². The largest absolute Gasteiger partial charge is 0.278 e. The number of hydrogen-bond acceptors (Lipinski definition) is 1. The minimum Gasteiger partial charge on any atom is -0.193 e. The van der Waals surface area contributed by atoms with E-state index in [1.165, 1.54) is 0 Å². The van der Waals surface area contributed by atoms with E-state index in [0.29, 0.717) is 17.1 Å². The van der Waals surface area contributed by atoms with Gasteiger partial charge < -0.3 is 0 Å². The van der Waals surface area contributed by atoms with Crippen LogP contribution < -0.4 is 0 Å². The fraction of sp³-hybridized carbons (Fsp3) is 1.00. The molecule has 0 radical (unpaired) electrons. The lowest BCUT2D eigenvalue weighted by molar-refractivity contribution is 0.448. The Kier molecular flexibility index (Phi) is 10.4. The Balaban J connectivity index is 0. The van der Waals surface area contributed by atoms with Crippen molar-refractivity contribution in [2.45, 2.75) is 40.5 Å². The second kappa shape index (κ2) is 8.69. The van der Waals surface area contributed by atoms with Gasteiger partial charge in [-0.05, 0) is 12.8 Å². The van der Waals surface area contributed by atoms with Crippen LogP contribution in [-0.2, 0) is 0 Å². The van der Waals surface area contributed by atoms with Gasteiger partial charge >= 0.3 is 0 Å². The zero-order chi connectivity index (χ0) is 10.9. The number of nitrogens with zero attached hydrogens (tertiary/aromatic N) is 1. The molecule has 5 heteroatoms. The summed E-state index contributed by atoms with van der Waals surface area (Å²) in [6.07, 6.45) is 1.40. The zero-order valence-electron chi connectivity index (χ0n) is 8.82. The Morgan fingerprint density at radius 2 is 1.15 bits per heavy atom. The zero-order valence-corrected chi connectivity index (χ0v) is 9.63. The average Bonchev–Trinajstić information content (AvgIpc) is 2.63. The molecule has 0 bridgehead atoms. The lowest BCUT2D eigenvalue weighted by atomic mass is 10.4. The molecule has 1 fully saturated rings. The highest BCUT2D eigenvalue weighted by molar-refractivity contribution is 8.18. The molecule has 1 aliphatic rings. The predicted molar refractivity (Wildman–Crippen MR) is 54.4 cm³/mol. The summed E-state index contributed by atoms with van der Waals surface area (Å²) in [7, 11) is 0. The third-order valence-electron chi connectivity index (χ3n) is 1.36. The Morgan fingerprint density at radius 1 is 0.846 bits per heavy atom. The van der Waals surface area contributed by atoms with Gasteiger partial charge in [-0.3, -0.25) is 0 Å². The van der Waals surface area contributed by atoms with Crippen molar-refractivity contribution in [1.82, 2.24) is 4.31 Å². The predicted octanol–water partition coefficient (Wildman–Crippen LogP) is 4.51. The van der Waals surface area contributed by atoms with E-state index in [1.54, 1.807) is 0 Å². The van der Waals surface area contributed by atoms with Crippen molar-refractivity contribution >= 4 is 11.4 Å². The lowest BCUT2D eigenvalue weighted by Crippen LogP contribution is -2.15. The molecule has 0 aromatic carbocycles. The molecule has 1 nitrogen and oxygen atoms in total. The summed E-state index contributed by atoms with van der Waals surface area (Å²) < 4.78 is 35.9. The third kappa shape index (κ3) is 7.19. The summed E-state index contributed by atoms with van der Waals surface area (Å²) in [5.74, 6) is 0. The lowest BCUT2D eigenvalue weighted by Gasteiger charge is -2.20. The highest BCUT2D eigenvalue weighted by atomic mass is 32.3. The SMILES string of the molecule is CC.CC.FS(F)(F)N1CCCC1. The van der Waals surface area contributed by atoms with E-state index in [1.807, 2.05) is 27.7 Å². The molecule has 0 spiro atoms. The van der Waals surface area contributed by atoms with Crippen LogP contribution in [0.5, 0.6) is 0 Å². The van der Waals surface area contributed by atoms with Crippen molar-refractivity contribution in [3.8, 4) is 0 Å². The van der Waals surface area contributed by atoms with Gasteiger partial charge in [-0.15, -0.1) is 11.7 Å². The third-order valence-corrected chi connectivity index (χ3v) is 2.31. The molecule has 13 heavy (non-hydrogen) atoms. The fourth-order valence-electron chi connectivity index (χ4n) is 0.895. The Morgan fingerprint density at radius 3 is 1.31 bits per heavy atom. The van der Waals surface area contributed by atoms with Gasteiger partial charge in [0.2, 0.25) is 0 Å². The molecule has 84 valence electrons. The molecule has 0 aromatic rings. The van der Waals surface area contributed by atoms with E-state index in [0.717, 1.165) is 0 Å². The molecule has 1 rings (SSSR count). The molecular formula is C8H20F3NS. The number of hydrogen-bond donors (Lipinski definition) is 0. The van der Waals surface area contributed by atoms with E-state index in [2.05, 4.69) is 0 Å². The van der Waals surface area contributed by atoms with E-state index in [9.17, 15) is 11.7 Å². The van der Waals surface area contributed by atoms with Gasteiger partial charge in [0.15, 0.2) is 0 Å². The molecule has 0 aromatic heterocycles. The van der Waals surface area contributed by atoms with Crippen LogP contribution in [0.3, 0.4) is 0 Å². The summed E-state index contributed by atoms with van der Waals surface area (Å²) in [5.41, 5.74) is 0. The summed E-state index contributed by atoms with van der Waals surface area (Å²) in [6.45, 7) is 8.44.